The van der Waals surface area contributed by atoms with Crippen molar-refractivity contribution in [1.29, 1.82) is 0 Å². The molecule has 0 aliphatic carbocycles. The Hall–Kier alpha value is -2.83. The Kier molecular flexibility index (Phi) is 6.80. The topological polar surface area (TPSA) is 37.2 Å². The van der Waals surface area contributed by atoms with Gasteiger partial charge in [0.1, 0.15) is 5.75 Å². The van der Waals surface area contributed by atoms with Crippen LogP contribution in [0, 0.1) is 6.92 Å². The van der Waals surface area contributed by atoms with Crippen molar-refractivity contribution in [2.75, 3.05) is 25.0 Å². The second kappa shape index (κ2) is 9.32. The molecule has 30 heavy (non-hydrogen) atoms. The molecule has 2 aromatic rings. The van der Waals surface area contributed by atoms with Gasteiger partial charge < -0.3 is 9.64 Å². The van der Waals surface area contributed by atoms with E-state index < -0.39 is 6.36 Å². The molecule has 2 aromatic carbocycles. The minimum Gasteiger partial charge on any atom is -0.405 e. The Bertz CT molecular complexity index is 945. The summed E-state index contributed by atoms with van der Waals surface area (Å²) >= 11 is 0. The maximum absolute atomic E-state index is 12.8. The fraction of sp³-hybridized carbons (Fsp3) is 0.391. The van der Waals surface area contributed by atoms with E-state index >= 15 is 0 Å². The Morgan fingerprint density at radius 2 is 1.73 bits per heavy atom. The number of aryl methyl sites for hydroxylation is 1. The molecule has 1 aliphatic heterocycles. The van der Waals surface area contributed by atoms with Gasteiger partial charge in [-0.3, -0.25) is 4.99 Å². The number of aliphatic imine (C=N–C) groups is 2. The molecule has 160 valence electrons. The van der Waals surface area contributed by atoms with Crippen molar-refractivity contribution in [3.8, 4) is 5.75 Å². The van der Waals surface area contributed by atoms with Crippen molar-refractivity contribution in [2.24, 2.45) is 9.98 Å². The van der Waals surface area contributed by atoms with E-state index in [1.165, 1.54) is 50.2 Å². The number of para-hydroxylation sites is 1. The minimum absolute atomic E-state index is 0.185. The summed E-state index contributed by atoms with van der Waals surface area (Å²) in [4.78, 5) is 11.0. The summed E-state index contributed by atoms with van der Waals surface area (Å²) in [5.41, 5.74) is 4.15. The van der Waals surface area contributed by atoms with Gasteiger partial charge in [0.2, 0.25) is 0 Å². The first-order valence-electron chi connectivity index (χ1n) is 10.0. The monoisotopic (exact) mass is 417 g/mol. The SMILES string of the molecule is C/N=C(\N=C(/C)c1ccc(N2CCCCC2)c(C)c1)c1ccccc1OC(F)(F)F. The summed E-state index contributed by atoms with van der Waals surface area (Å²) in [6.07, 6.45) is -1.10. The average Bonchev–Trinajstić information content (AvgIpc) is 2.72. The van der Waals surface area contributed by atoms with Crippen LogP contribution < -0.4 is 9.64 Å². The highest BCUT2D eigenvalue weighted by Gasteiger charge is 2.32. The molecule has 1 aliphatic rings. The number of rotatable bonds is 4. The van der Waals surface area contributed by atoms with Gasteiger partial charge in [0.15, 0.2) is 5.84 Å². The number of halogens is 3. The first kappa shape index (κ1) is 21.9. The lowest BCUT2D eigenvalue weighted by Gasteiger charge is -2.30. The van der Waals surface area contributed by atoms with E-state index in [2.05, 4.69) is 38.7 Å². The van der Waals surface area contributed by atoms with Gasteiger partial charge in [0.05, 0.1) is 5.56 Å². The molecule has 1 heterocycles. The lowest BCUT2D eigenvalue weighted by atomic mass is 10.0. The first-order chi connectivity index (χ1) is 14.3. The zero-order valence-electron chi connectivity index (χ0n) is 17.5. The average molecular weight is 417 g/mol. The number of piperidine rings is 1. The van der Waals surface area contributed by atoms with Gasteiger partial charge >= 0.3 is 6.36 Å². The number of nitrogens with zero attached hydrogens (tertiary/aromatic N) is 3. The summed E-state index contributed by atoms with van der Waals surface area (Å²) in [6.45, 7) is 6.03. The van der Waals surface area contributed by atoms with Gasteiger partial charge in [-0.15, -0.1) is 13.2 Å². The number of benzene rings is 2. The Morgan fingerprint density at radius 1 is 1.03 bits per heavy atom. The van der Waals surface area contributed by atoms with Crippen molar-refractivity contribution in [3.63, 3.8) is 0 Å². The predicted molar refractivity (Wildman–Crippen MR) is 115 cm³/mol. The maximum Gasteiger partial charge on any atom is 0.573 e. The highest BCUT2D eigenvalue weighted by molar-refractivity contribution is 6.12. The van der Waals surface area contributed by atoms with Crippen LogP contribution in [0.25, 0.3) is 0 Å². The fourth-order valence-electron chi connectivity index (χ4n) is 3.69. The molecule has 0 unspecified atom stereocenters. The van der Waals surface area contributed by atoms with Gasteiger partial charge in [-0.05, 0) is 68.5 Å². The highest BCUT2D eigenvalue weighted by atomic mass is 19.4. The van der Waals surface area contributed by atoms with Crippen LogP contribution in [0.4, 0.5) is 18.9 Å². The third-order valence-electron chi connectivity index (χ3n) is 5.15. The van der Waals surface area contributed by atoms with E-state index in [-0.39, 0.29) is 17.1 Å². The summed E-state index contributed by atoms with van der Waals surface area (Å²) < 4.78 is 42.4. The van der Waals surface area contributed by atoms with Crippen LogP contribution in [-0.2, 0) is 0 Å². The molecule has 3 rings (SSSR count). The first-order valence-corrected chi connectivity index (χ1v) is 10.0. The van der Waals surface area contributed by atoms with Gasteiger partial charge in [-0.1, -0.05) is 18.2 Å². The van der Waals surface area contributed by atoms with Gasteiger partial charge in [0.25, 0.3) is 0 Å². The third kappa shape index (κ3) is 5.40. The zero-order chi connectivity index (χ0) is 21.7. The van der Waals surface area contributed by atoms with E-state index in [4.69, 9.17) is 0 Å². The molecule has 0 bridgehead atoms. The smallest absolute Gasteiger partial charge is 0.405 e. The van der Waals surface area contributed by atoms with Crippen LogP contribution in [0.5, 0.6) is 5.75 Å². The van der Waals surface area contributed by atoms with Crippen LogP contribution in [-0.4, -0.2) is 38.0 Å². The number of anilines is 1. The molecular formula is C23H26F3N3O. The van der Waals surface area contributed by atoms with Crippen molar-refractivity contribution >= 4 is 17.2 Å². The molecule has 0 N–H and O–H groups in total. The van der Waals surface area contributed by atoms with E-state index in [9.17, 15) is 13.2 Å². The minimum atomic E-state index is -4.78. The Morgan fingerprint density at radius 3 is 2.37 bits per heavy atom. The Balaban J connectivity index is 1.88. The largest absolute Gasteiger partial charge is 0.573 e. The standard InChI is InChI=1S/C23H26F3N3O/c1-16-15-18(11-12-20(16)29-13-7-4-8-14-29)17(2)28-22(27-3)19-9-5-6-10-21(19)30-23(24,25)26/h5-6,9-12,15H,4,7-8,13-14H2,1-3H3/b27-22-,28-17+. The third-order valence-corrected chi connectivity index (χ3v) is 5.15. The molecule has 0 aromatic heterocycles. The van der Waals surface area contributed by atoms with E-state index in [0.29, 0.717) is 5.71 Å². The number of ether oxygens (including phenoxy) is 1. The number of alkyl halides is 3. The van der Waals surface area contributed by atoms with E-state index in [1.807, 2.05) is 13.0 Å². The van der Waals surface area contributed by atoms with Crippen LogP contribution >= 0.6 is 0 Å². The molecule has 4 nitrogen and oxygen atoms in total. The quantitative estimate of drug-likeness (QED) is 0.468. The highest BCUT2D eigenvalue weighted by Crippen LogP contribution is 2.28. The van der Waals surface area contributed by atoms with Crippen molar-refractivity contribution in [1.82, 2.24) is 0 Å². The second-order valence-electron chi connectivity index (χ2n) is 7.34. The molecule has 0 saturated carbocycles. The summed E-state index contributed by atoms with van der Waals surface area (Å²) in [7, 11) is 1.50. The molecule has 0 spiro atoms. The number of hydrogen-bond acceptors (Lipinski definition) is 3. The molecule has 1 saturated heterocycles. The second-order valence-corrected chi connectivity index (χ2v) is 7.34. The van der Waals surface area contributed by atoms with Crippen molar-refractivity contribution < 1.29 is 17.9 Å². The molecular weight excluding hydrogens is 391 g/mol. The lowest BCUT2D eigenvalue weighted by molar-refractivity contribution is -0.274. The summed E-state index contributed by atoms with van der Waals surface area (Å²) in [6, 6.07) is 12.1. The normalized spacial score (nSPS) is 16.0. The van der Waals surface area contributed by atoms with Crippen LogP contribution in [0.1, 0.15) is 42.9 Å². The summed E-state index contributed by atoms with van der Waals surface area (Å²) in [5.74, 6) is -0.135. The van der Waals surface area contributed by atoms with Gasteiger partial charge in [0, 0.05) is 31.5 Å². The molecule has 7 heteroatoms. The van der Waals surface area contributed by atoms with Crippen molar-refractivity contribution in [2.45, 2.75) is 39.5 Å². The van der Waals surface area contributed by atoms with Crippen molar-refractivity contribution in [3.05, 3.63) is 59.2 Å². The number of hydrogen-bond donors (Lipinski definition) is 0. The Labute approximate surface area is 175 Å². The lowest BCUT2D eigenvalue weighted by Crippen LogP contribution is -2.30. The van der Waals surface area contributed by atoms with Gasteiger partial charge in [-0.25, -0.2) is 4.99 Å². The molecule has 1 fully saturated rings. The zero-order valence-corrected chi connectivity index (χ0v) is 17.5. The number of amidine groups is 1. The molecule has 0 amide bonds. The van der Waals surface area contributed by atoms with Gasteiger partial charge in [-0.2, -0.15) is 0 Å². The fourth-order valence-corrected chi connectivity index (χ4v) is 3.69. The van der Waals surface area contributed by atoms with E-state index in [1.54, 1.807) is 6.07 Å². The predicted octanol–water partition coefficient (Wildman–Crippen LogP) is 5.77. The van der Waals surface area contributed by atoms with Crippen LogP contribution in [0.15, 0.2) is 52.4 Å². The maximum atomic E-state index is 12.8. The van der Waals surface area contributed by atoms with E-state index in [0.717, 1.165) is 24.2 Å². The molecule has 0 radical (unpaired) electrons. The molecule has 0 atom stereocenters. The summed E-state index contributed by atoms with van der Waals surface area (Å²) in [5, 5.41) is 0. The van der Waals surface area contributed by atoms with Crippen LogP contribution in [0.3, 0.4) is 0 Å². The van der Waals surface area contributed by atoms with Crippen LogP contribution in [0.2, 0.25) is 0 Å².